The number of carbonyl (C=O) groups is 1. The summed E-state index contributed by atoms with van der Waals surface area (Å²) < 4.78 is 10.6. The standard InChI is InChI=1S/C14H17NO4/c16-6-13-9-18-4-3-15(13)14(17)10-1-2-11-7-19-8-12(11)5-10/h1-2,5,13,16H,3-4,6-9H2. The molecular formula is C14H17NO4. The van der Waals surface area contributed by atoms with Crippen LogP contribution in [0.3, 0.4) is 0 Å². The number of amides is 1. The van der Waals surface area contributed by atoms with E-state index in [2.05, 4.69) is 0 Å². The lowest BCUT2D eigenvalue weighted by molar-refractivity contribution is -0.0184. The molecule has 1 atom stereocenters. The molecular weight excluding hydrogens is 246 g/mol. The number of hydrogen-bond acceptors (Lipinski definition) is 4. The van der Waals surface area contributed by atoms with Crippen molar-refractivity contribution in [2.45, 2.75) is 19.3 Å². The predicted molar refractivity (Wildman–Crippen MR) is 67.7 cm³/mol. The minimum absolute atomic E-state index is 0.0444. The van der Waals surface area contributed by atoms with E-state index < -0.39 is 0 Å². The average Bonchev–Trinajstić information content (AvgIpc) is 2.93. The predicted octanol–water partition coefficient (Wildman–Crippen LogP) is 0.550. The zero-order valence-corrected chi connectivity index (χ0v) is 10.7. The first-order valence-corrected chi connectivity index (χ1v) is 6.48. The van der Waals surface area contributed by atoms with Gasteiger partial charge in [-0.3, -0.25) is 4.79 Å². The van der Waals surface area contributed by atoms with Crippen molar-refractivity contribution in [3.05, 3.63) is 34.9 Å². The van der Waals surface area contributed by atoms with Crippen LogP contribution >= 0.6 is 0 Å². The summed E-state index contributed by atoms with van der Waals surface area (Å²) in [6.07, 6.45) is 0. The Balaban J connectivity index is 1.82. The van der Waals surface area contributed by atoms with Crippen molar-refractivity contribution in [1.29, 1.82) is 0 Å². The van der Waals surface area contributed by atoms with E-state index in [1.165, 1.54) is 0 Å². The third kappa shape index (κ3) is 2.36. The van der Waals surface area contributed by atoms with E-state index in [-0.39, 0.29) is 18.6 Å². The van der Waals surface area contributed by atoms with Crippen molar-refractivity contribution in [2.24, 2.45) is 0 Å². The minimum Gasteiger partial charge on any atom is -0.394 e. The topological polar surface area (TPSA) is 59.0 Å². The zero-order valence-electron chi connectivity index (χ0n) is 10.7. The first kappa shape index (κ1) is 12.6. The van der Waals surface area contributed by atoms with Crippen molar-refractivity contribution in [3.8, 4) is 0 Å². The highest BCUT2D eigenvalue weighted by atomic mass is 16.5. The lowest BCUT2D eigenvalue weighted by Crippen LogP contribution is -2.50. The number of nitrogens with zero attached hydrogens (tertiary/aromatic N) is 1. The zero-order chi connectivity index (χ0) is 13.2. The van der Waals surface area contributed by atoms with Crippen LogP contribution in [0.15, 0.2) is 18.2 Å². The van der Waals surface area contributed by atoms with Gasteiger partial charge in [0.2, 0.25) is 0 Å². The minimum atomic E-state index is -0.245. The molecule has 3 rings (SSSR count). The van der Waals surface area contributed by atoms with E-state index in [1.807, 2.05) is 18.2 Å². The number of benzene rings is 1. The van der Waals surface area contributed by atoms with Crippen LogP contribution in [0, 0.1) is 0 Å². The molecule has 19 heavy (non-hydrogen) atoms. The number of aliphatic hydroxyl groups excluding tert-OH is 1. The fourth-order valence-corrected chi connectivity index (χ4v) is 2.54. The number of fused-ring (bicyclic) bond motifs is 1. The van der Waals surface area contributed by atoms with Crippen molar-refractivity contribution in [3.63, 3.8) is 0 Å². The molecule has 5 heteroatoms. The van der Waals surface area contributed by atoms with Gasteiger partial charge in [0.1, 0.15) is 0 Å². The highest BCUT2D eigenvalue weighted by Crippen LogP contribution is 2.22. The Morgan fingerprint density at radius 1 is 1.32 bits per heavy atom. The van der Waals surface area contributed by atoms with Gasteiger partial charge in [0.15, 0.2) is 0 Å². The number of hydrogen-bond donors (Lipinski definition) is 1. The Labute approximate surface area is 111 Å². The molecule has 0 bridgehead atoms. The molecule has 1 aromatic carbocycles. The lowest BCUT2D eigenvalue weighted by atomic mass is 10.0. The van der Waals surface area contributed by atoms with Crippen LogP contribution < -0.4 is 0 Å². The molecule has 1 saturated heterocycles. The van der Waals surface area contributed by atoms with Gasteiger partial charge in [0.05, 0.1) is 39.1 Å². The summed E-state index contributed by atoms with van der Waals surface area (Å²) in [6.45, 7) is 2.58. The largest absolute Gasteiger partial charge is 0.394 e. The fraction of sp³-hybridized carbons (Fsp3) is 0.500. The normalized spacial score (nSPS) is 22.4. The van der Waals surface area contributed by atoms with E-state index in [0.29, 0.717) is 38.5 Å². The van der Waals surface area contributed by atoms with Crippen molar-refractivity contribution >= 4 is 5.91 Å². The van der Waals surface area contributed by atoms with E-state index in [0.717, 1.165) is 11.1 Å². The van der Waals surface area contributed by atoms with Gasteiger partial charge in [-0.05, 0) is 23.3 Å². The first-order valence-electron chi connectivity index (χ1n) is 6.48. The summed E-state index contributed by atoms with van der Waals surface area (Å²) in [4.78, 5) is 14.2. The van der Waals surface area contributed by atoms with Crippen LogP contribution in [0.4, 0.5) is 0 Å². The third-order valence-corrected chi connectivity index (χ3v) is 3.67. The average molecular weight is 263 g/mol. The molecule has 0 aromatic heterocycles. The molecule has 2 aliphatic heterocycles. The molecule has 5 nitrogen and oxygen atoms in total. The van der Waals surface area contributed by atoms with Crippen LogP contribution in [-0.2, 0) is 22.7 Å². The number of morpholine rings is 1. The summed E-state index contributed by atoms with van der Waals surface area (Å²) in [6, 6.07) is 5.43. The molecule has 102 valence electrons. The van der Waals surface area contributed by atoms with Gasteiger partial charge < -0.3 is 19.5 Å². The maximum Gasteiger partial charge on any atom is 0.254 e. The van der Waals surface area contributed by atoms with E-state index >= 15 is 0 Å². The molecule has 0 radical (unpaired) electrons. The summed E-state index contributed by atoms with van der Waals surface area (Å²) in [5, 5.41) is 9.32. The molecule has 0 aliphatic carbocycles. The lowest BCUT2D eigenvalue weighted by Gasteiger charge is -2.34. The highest BCUT2D eigenvalue weighted by molar-refractivity contribution is 5.94. The maximum absolute atomic E-state index is 12.5. The second-order valence-electron chi connectivity index (χ2n) is 4.89. The Morgan fingerprint density at radius 2 is 2.16 bits per heavy atom. The Bertz CT molecular complexity index is 488. The molecule has 0 saturated carbocycles. The maximum atomic E-state index is 12.5. The summed E-state index contributed by atoms with van der Waals surface area (Å²) in [5.74, 6) is -0.0444. The molecule has 1 unspecified atom stereocenters. The summed E-state index contributed by atoms with van der Waals surface area (Å²) in [7, 11) is 0. The van der Waals surface area contributed by atoms with Gasteiger partial charge in [-0.25, -0.2) is 0 Å². The quantitative estimate of drug-likeness (QED) is 0.846. The van der Waals surface area contributed by atoms with Crippen LogP contribution in [0.5, 0.6) is 0 Å². The molecule has 0 spiro atoms. The van der Waals surface area contributed by atoms with Crippen molar-refractivity contribution < 1.29 is 19.4 Å². The molecule has 2 aliphatic rings. The second kappa shape index (κ2) is 5.28. The Hall–Kier alpha value is -1.43. The van der Waals surface area contributed by atoms with E-state index in [9.17, 15) is 9.90 Å². The van der Waals surface area contributed by atoms with Gasteiger partial charge in [-0.1, -0.05) is 6.07 Å². The molecule has 1 amide bonds. The van der Waals surface area contributed by atoms with E-state index in [1.54, 1.807) is 4.90 Å². The second-order valence-corrected chi connectivity index (χ2v) is 4.89. The van der Waals surface area contributed by atoms with Crippen LogP contribution in [0.2, 0.25) is 0 Å². The summed E-state index contributed by atoms with van der Waals surface area (Å²) >= 11 is 0. The Morgan fingerprint density at radius 3 is 3.00 bits per heavy atom. The smallest absolute Gasteiger partial charge is 0.254 e. The third-order valence-electron chi connectivity index (χ3n) is 3.67. The number of carbonyl (C=O) groups excluding carboxylic acids is 1. The monoisotopic (exact) mass is 263 g/mol. The van der Waals surface area contributed by atoms with Gasteiger partial charge in [0.25, 0.3) is 5.91 Å². The van der Waals surface area contributed by atoms with Crippen molar-refractivity contribution in [1.82, 2.24) is 4.90 Å². The van der Waals surface area contributed by atoms with Gasteiger partial charge >= 0.3 is 0 Å². The fourth-order valence-electron chi connectivity index (χ4n) is 2.54. The first-order chi connectivity index (χ1) is 9.29. The molecule has 1 aromatic rings. The van der Waals surface area contributed by atoms with E-state index in [4.69, 9.17) is 9.47 Å². The SMILES string of the molecule is O=C(c1ccc2c(c1)COC2)N1CCOCC1CO. The van der Waals surface area contributed by atoms with Crippen molar-refractivity contribution in [2.75, 3.05) is 26.4 Å². The number of ether oxygens (including phenoxy) is 2. The Kier molecular flexibility index (Phi) is 3.50. The van der Waals surface area contributed by atoms with Crippen LogP contribution in [0.25, 0.3) is 0 Å². The number of rotatable bonds is 2. The number of aliphatic hydroxyl groups is 1. The molecule has 1 fully saturated rings. The molecule has 2 heterocycles. The summed E-state index contributed by atoms with van der Waals surface area (Å²) in [5.41, 5.74) is 2.89. The highest BCUT2D eigenvalue weighted by Gasteiger charge is 2.28. The van der Waals surface area contributed by atoms with Gasteiger partial charge in [-0.2, -0.15) is 0 Å². The van der Waals surface area contributed by atoms with Crippen LogP contribution in [-0.4, -0.2) is 48.3 Å². The van der Waals surface area contributed by atoms with Crippen LogP contribution in [0.1, 0.15) is 21.5 Å². The van der Waals surface area contributed by atoms with Gasteiger partial charge in [0, 0.05) is 12.1 Å². The van der Waals surface area contributed by atoms with Gasteiger partial charge in [-0.15, -0.1) is 0 Å². The molecule has 1 N–H and O–H groups in total.